The van der Waals surface area contributed by atoms with E-state index in [4.69, 9.17) is 0 Å². The summed E-state index contributed by atoms with van der Waals surface area (Å²) in [6.45, 7) is 5.39. The number of aryl methyl sites for hydroxylation is 2. The van der Waals surface area contributed by atoms with Gasteiger partial charge in [0.2, 0.25) is 15.9 Å². The minimum absolute atomic E-state index is 0.164. The van der Waals surface area contributed by atoms with E-state index in [1.165, 1.54) is 11.4 Å². The molecule has 0 bridgehead atoms. The lowest BCUT2D eigenvalue weighted by Gasteiger charge is -2.21. The lowest BCUT2D eigenvalue weighted by molar-refractivity contribution is -0.120. The van der Waals surface area contributed by atoms with Gasteiger partial charge in [0.1, 0.15) is 0 Å². The van der Waals surface area contributed by atoms with Crippen molar-refractivity contribution in [2.75, 3.05) is 20.1 Å². The van der Waals surface area contributed by atoms with Gasteiger partial charge in [-0.15, -0.1) is 0 Å². The lowest BCUT2D eigenvalue weighted by Crippen LogP contribution is -2.39. The summed E-state index contributed by atoms with van der Waals surface area (Å²) in [4.78, 5) is 11.7. The Morgan fingerprint density at radius 2 is 1.95 bits per heavy atom. The molecule has 0 aromatic heterocycles. The van der Waals surface area contributed by atoms with Crippen LogP contribution in [0.1, 0.15) is 18.1 Å². The van der Waals surface area contributed by atoms with Gasteiger partial charge in [-0.3, -0.25) is 4.79 Å². The van der Waals surface area contributed by atoms with Gasteiger partial charge in [-0.25, -0.2) is 8.42 Å². The van der Waals surface area contributed by atoms with Crippen molar-refractivity contribution in [2.24, 2.45) is 0 Å². The number of nitrogens with one attached hydrogen (secondary N) is 1. The van der Waals surface area contributed by atoms with E-state index in [-0.39, 0.29) is 23.9 Å². The molecule has 0 aliphatic carbocycles. The zero-order chi connectivity index (χ0) is 14.6. The van der Waals surface area contributed by atoms with Crippen molar-refractivity contribution in [2.45, 2.75) is 25.7 Å². The number of hydrogen-bond donors (Lipinski definition) is 1. The van der Waals surface area contributed by atoms with Crippen LogP contribution in [0.4, 0.5) is 0 Å². The Kier molecular flexibility index (Phi) is 5.08. The first-order valence-electron chi connectivity index (χ1n) is 6.11. The molecule has 1 N–H and O–H groups in total. The van der Waals surface area contributed by atoms with E-state index in [1.54, 1.807) is 26.0 Å². The van der Waals surface area contributed by atoms with Crippen LogP contribution in [0.15, 0.2) is 23.1 Å². The Morgan fingerprint density at radius 3 is 2.47 bits per heavy atom. The predicted octanol–water partition coefficient (Wildman–Crippen LogP) is 1.06. The fourth-order valence-electron chi connectivity index (χ4n) is 1.73. The monoisotopic (exact) mass is 284 g/mol. The Bertz CT molecular complexity index is 567. The molecule has 0 unspecified atom stereocenters. The smallest absolute Gasteiger partial charge is 0.243 e. The van der Waals surface area contributed by atoms with E-state index in [0.717, 1.165) is 5.56 Å². The molecule has 0 spiro atoms. The van der Waals surface area contributed by atoms with Crippen LogP contribution >= 0.6 is 0 Å². The number of amides is 1. The highest BCUT2D eigenvalue weighted by Crippen LogP contribution is 2.20. The topological polar surface area (TPSA) is 66.5 Å². The van der Waals surface area contributed by atoms with Crippen LogP contribution in [0.2, 0.25) is 0 Å². The van der Waals surface area contributed by atoms with Crippen molar-refractivity contribution in [1.82, 2.24) is 9.62 Å². The summed E-state index contributed by atoms with van der Waals surface area (Å²) in [5.41, 5.74) is 1.56. The van der Waals surface area contributed by atoms with Gasteiger partial charge in [0.25, 0.3) is 0 Å². The molecule has 0 atom stereocenters. The van der Waals surface area contributed by atoms with Gasteiger partial charge in [0, 0.05) is 13.6 Å². The fourth-order valence-corrected chi connectivity index (χ4v) is 3.45. The van der Waals surface area contributed by atoms with Gasteiger partial charge >= 0.3 is 0 Å². The third kappa shape index (κ3) is 3.54. The molecule has 19 heavy (non-hydrogen) atoms. The quantitative estimate of drug-likeness (QED) is 0.879. The molecule has 6 heteroatoms. The third-order valence-electron chi connectivity index (χ3n) is 2.91. The van der Waals surface area contributed by atoms with Gasteiger partial charge in [-0.1, -0.05) is 19.1 Å². The van der Waals surface area contributed by atoms with E-state index in [2.05, 4.69) is 5.32 Å². The van der Waals surface area contributed by atoms with Crippen molar-refractivity contribution in [3.05, 3.63) is 29.3 Å². The van der Waals surface area contributed by atoms with Crippen LogP contribution in [-0.2, 0) is 14.8 Å². The highest BCUT2D eigenvalue weighted by molar-refractivity contribution is 7.89. The van der Waals surface area contributed by atoms with Gasteiger partial charge < -0.3 is 5.32 Å². The van der Waals surface area contributed by atoms with Crippen LogP contribution < -0.4 is 5.32 Å². The fraction of sp³-hybridized carbons (Fsp3) is 0.462. The molecule has 0 aliphatic heterocycles. The molecule has 1 aromatic carbocycles. The van der Waals surface area contributed by atoms with Crippen molar-refractivity contribution in [3.8, 4) is 0 Å². The Balaban J connectivity index is 3.20. The van der Waals surface area contributed by atoms with E-state index < -0.39 is 10.0 Å². The Morgan fingerprint density at radius 1 is 1.32 bits per heavy atom. The molecular formula is C13H20N2O3S. The number of nitrogens with zero attached hydrogens (tertiary/aromatic N) is 1. The van der Waals surface area contributed by atoms with E-state index >= 15 is 0 Å². The lowest BCUT2D eigenvalue weighted by atomic mass is 10.2. The van der Waals surface area contributed by atoms with Crippen molar-refractivity contribution < 1.29 is 13.2 Å². The van der Waals surface area contributed by atoms with Crippen molar-refractivity contribution >= 4 is 15.9 Å². The standard InChI is InChI=1S/C13H20N2O3S/c1-5-15(9-13(16)14-4)19(17,18)12-8-10(2)6-7-11(12)3/h6-8H,5,9H2,1-4H3,(H,14,16). The normalized spacial score (nSPS) is 11.6. The van der Waals surface area contributed by atoms with Gasteiger partial charge in [-0.2, -0.15) is 4.31 Å². The second-order valence-corrected chi connectivity index (χ2v) is 6.28. The van der Waals surface area contributed by atoms with Gasteiger partial charge in [0.05, 0.1) is 11.4 Å². The summed E-state index contributed by atoms with van der Waals surface area (Å²) >= 11 is 0. The van der Waals surface area contributed by atoms with Gasteiger partial charge in [0.15, 0.2) is 0 Å². The zero-order valence-corrected chi connectivity index (χ0v) is 12.5. The van der Waals surface area contributed by atoms with Gasteiger partial charge in [-0.05, 0) is 31.0 Å². The summed E-state index contributed by atoms with van der Waals surface area (Å²) in [5.74, 6) is -0.323. The number of carbonyl (C=O) groups is 1. The summed E-state index contributed by atoms with van der Waals surface area (Å²) in [6, 6.07) is 5.27. The number of likely N-dealkylation sites (N-methyl/N-ethyl adjacent to an activating group) is 2. The molecule has 1 rings (SSSR count). The number of hydrogen-bond acceptors (Lipinski definition) is 3. The van der Waals surface area contributed by atoms with E-state index in [0.29, 0.717) is 5.56 Å². The molecule has 1 aromatic rings. The highest BCUT2D eigenvalue weighted by atomic mass is 32.2. The molecule has 0 aliphatic rings. The maximum Gasteiger partial charge on any atom is 0.243 e. The maximum absolute atomic E-state index is 12.5. The second-order valence-electron chi connectivity index (χ2n) is 4.37. The zero-order valence-electron chi connectivity index (χ0n) is 11.7. The average Bonchev–Trinajstić information content (AvgIpc) is 2.37. The summed E-state index contributed by atoms with van der Waals surface area (Å²) < 4.78 is 26.2. The molecule has 5 nitrogen and oxygen atoms in total. The van der Waals surface area contributed by atoms with Crippen LogP contribution in [0.3, 0.4) is 0 Å². The first-order valence-corrected chi connectivity index (χ1v) is 7.55. The molecule has 1 amide bonds. The van der Waals surface area contributed by atoms with Crippen LogP contribution in [0.5, 0.6) is 0 Å². The average molecular weight is 284 g/mol. The summed E-state index contributed by atoms with van der Waals surface area (Å²) in [7, 11) is -2.15. The summed E-state index contributed by atoms with van der Waals surface area (Å²) in [6.07, 6.45) is 0. The Hall–Kier alpha value is -1.40. The largest absolute Gasteiger partial charge is 0.358 e. The first-order chi connectivity index (χ1) is 8.82. The minimum Gasteiger partial charge on any atom is -0.358 e. The maximum atomic E-state index is 12.5. The second kappa shape index (κ2) is 6.16. The molecular weight excluding hydrogens is 264 g/mol. The number of rotatable bonds is 5. The van der Waals surface area contributed by atoms with Crippen LogP contribution in [0.25, 0.3) is 0 Å². The van der Waals surface area contributed by atoms with Crippen LogP contribution in [-0.4, -0.2) is 38.8 Å². The molecule has 106 valence electrons. The van der Waals surface area contributed by atoms with E-state index in [9.17, 15) is 13.2 Å². The summed E-state index contributed by atoms with van der Waals surface area (Å²) in [5, 5.41) is 2.43. The predicted molar refractivity (Wildman–Crippen MR) is 74.4 cm³/mol. The van der Waals surface area contributed by atoms with Crippen molar-refractivity contribution in [1.29, 1.82) is 0 Å². The molecule has 0 saturated carbocycles. The van der Waals surface area contributed by atoms with E-state index in [1.807, 2.05) is 13.0 Å². The number of sulfonamides is 1. The SMILES string of the molecule is CCN(CC(=O)NC)S(=O)(=O)c1cc(C)ccc1C. The van der Waals surface area contributed by atoms with Crippen LogP contribution in [0, 0.1) is 13.8 Å². The number of carbonyl (C=O) groups excluding carboxylic acids is 1. The molecule has 0 saturated heterocycles. The molecule has 0 fully saturated rings. The third-order valence-corrected chi connectivity index (χ3v) is 4.98. The number of benzene rings is 1. The highest BCUT2D eigenvalue weighted by Gasteiger charge is 2.26. The Labute approximate surface area is 114 Å². The minimum atomic E-state index is -3.64. The molecule has 0 heterocycles. The molecule has 0 radical (unpaired) electrons. The first kappa shape index (κ1) is 15.7. The van der Waals surface area contributed by atoms with Crippen molar-refractivity contribution in [3.63, 3.8) is 0 Å².